The Labute approximate surface area is 171 Å². The molecule has 0 aromatic heterocycles. The van der Waals surface area contributed by atoms with Crippen molar-refractivity contribution in [3.8, 4) is 5.75 Å². The number of hydrogen-bond acceptors (Lipinski definition) is 3. The molecule has 5 nitrogen and oxygen atoms in total. The monoisotopic (exact) mass is 387 g/mol. The molecule has 0 saturated carbocycles. The van der Waals surface area contributed by atoms with E-state index in [0.717, 1.165) is 33.7 Å². The third kappa shape index (κ3) is 4.41. The molecule has 0 spiro atoms. The van der Waals surface area contributed by atoms with Crippen molar-refractivity contribution in [2.24, 2.45) is 0 Å². The topological polar surface area (TPSA) is 62.4 Å². The van der Waals surface area contributed by atoms with E-state index in [1.54, 1.807) is 0 Å². The number of aryl methyl sites for hydroxylation is 2. The molecule has 3 N–H and O–H groups in total. The maximum atomic E-state index is 12.4. The Morgan fingerprint density at radius 3 is 2.41 bits per heavy atom. The van der Waals surface area contributed by atoms with Gasteiger partial charge in [0.25, 0.3) is 0 Å². The average molecular weight is 387 g/mol. The lowest BCUT2D eigenvalue weighted by molar-refractivity contribution is 0.208. The Morgan fingerprint density at radius 2 is 1.66 bits per heavy atom. The highest BCUT2D eigenvalue weighted by molar-refractivity contribution is 5.88. The van der Waals surface area contributed by atoms with Gasteiger partial charge in [-0.2, -0.15) is 0 Å². The number of rotatable bonds is 4. The van der Waals surface area contributed by atoms with Crippen molar-refractivity contribution in [1.82, 2.24) is 10.9 Å². The van der Waals surface area contributed by atoms with Gasteiger partial charge in [-0.1, -0.05) is 60.2 Å². The third-order valence-corrected chi connectivity index (χ3v) is 5.20. The molecule has 0 bridgehead atoms. The van der Waals surface area contributed by atoms with Crippen molar-refractivity contribution in [1.29, 1.82) is 0 Å². The predicted molar refractivity (Wildman–Crippen MR) is 115 cm³/mol. The van der Waals surface area contributed by atoms with Crippen molar-refractivity contribution < 1.29 is 9.53 Å². The molecular formula is C24H25N3O2. The second-order valence-electron chi connectivity index (χ2n) is 7.44. The maximum absolute atomic E-state index is 12.4. The minimum Gasteiger partial charge on any atom is -0.493 e. The second-order valence-corrected chi connectivity index (χ2v) is 7.44. The van der Waals surface area contributed by atoms with E-state index >= 15 is 0 Å². The van der Waals surface area contributed by atoms with E-state index in [2.05, 4.69) is 40.4 Å². The summed E-state index contributed by atoms with van der Waals surface area (Å²) in [6.45, 7) is 4.60. The number of urea groups is 1. The van der Waals surface area contributed by atoms with Crippen molar-refractivity contribution >= 4 is 11.7 Å². The fourth-order valence-corrected chi connectivity index (χ4v) is 3.63. The largest absolute Gasteiger partial charge is 0.493 e. The maximum Gasteiger partial charge on any atom is 0.333 e. The van der Waals surface area contributed by atoms with Crippen LogP contribution in [0.25, 0.3) is 0 Å². The summed E-state index contributed by atoms with van der Waals surface area (Å²) in [5.74, 6) is 0.932. The number of carbonyl (C=O) groups is 1. The minimum atomic E-state index is -0.305. The Morgan fingerprint density at radius 1 is 0.931 bits per heavy atom. The Hall–Kier alpha value is -3.31. The fraction of sp³-hybridized carbons (Fsp3) is 0.208. The quantitative estimate of drug-likeness (QED) is 0.561. The molecule has 1 aliphatic rings. The number of carbonyl (C=O) groups excluding carboxylic acids is 1. The van der Waals surface area contributed by atoms with E-state index in [4.69, 9.17) is 4.74 Å². The lowest BCUT2D eigenvalue weighted by Crippen LogP contribution is -2.46. The number of nitrogens with one attached hydrogen (secondary N) is 3. The number of benzene rings is 3. The van der Waals surface area contributed by atoms with Gasteiger partial charge in [-0.05, 0) is 43.2 Å². The molecular weight excluding hydrogens is 362 g/mol. The van der Waals surface area contributed by atoms with Gasteiger partial charge in [0, 0.05) is 17.2 Å². The third-order valence-electron chi connectivity index (χ3n) is 5.20. The van der Waals surface area contributed by atoms with Crippen LogP contribution in [-0.4, -0.2) is 12.6 Å². The second kappa shape index (κ2) is 8.37. The van der Waals surface area contributed by atoms with Gasteiger partial charge in [0.1, 0.15) is 5.75 Å². The number of fused-ring (bicyclic) bond motifs is 1. The standard InChI is InChI=1S/C24H25N3O2/c1-16-8-11-19(12-9-16)25-24(28)27-26-23-20-13-10-17(2)14-22(20)29-15-21(23)18-6-4-3-5-7-18/h3-14,21,23,26H,15H2,1-2H3,(H2,25,27,28). The van der Waals surface area contributed by atoms with Crippen LogP contribution in [0.5, 0.6) is 5.75 Å². The van der Waals surface area contributed by atoms with Gasteiger partial charge in [-0.25, -0.2) is 10.2 Å². The number of anilines is 1. The van der Waals surface area contributed by atoms with E-state index < -0.39 is 0 Å². The Bertz CT molecular complexity index is 987. The molecule has 2 unspecified atom stereocenters. The molecule has 0 radical (unpaired) electrons. The van der Waals surface area contributed by atoms with E-state index in [9.17, 15) is 4.79 Å². The van der Waals surface area contributed by atoms with Crippen molar-refractivity contribution in [2.45, 2.75) is 25.8 Å². The van der Waals surface area contributed by atoms with Gasteiger partial charge < -0.3 is 10.1 Å². The average Bonchev–Trinajstić information content (AvgIpc) is 2.74. The molecule has 1 heterocycles. The van der Waals surface area contributed by atoms with E-state index in [1.165, 1.54) is 0 Å². The molecule has 2 amide bonds. The molecule has 2 atom stereocenters. The number of ether oxygens (including phenoxy) is 1. The van der Waals surface area contributed by atoms with Crippen LogP contribution in [0.15, 0.2) is 72.8 Å². The molecule has 1 aliphatic heterocycles. The van der Waals surface area contributed by atoms with Crippen molar-refractivity contribution in [2.75, 3.05) is 11.9 Å². The summed E-state index contributed by atoms with van der Waals surface area (Å²) in [5.41, 5.74) is 11.3. The molecule has 5 heteroatoms. The summed E-state index contributed by atoms with van der Waals surface area (Å²) < 4.78 is 6.05. The first kappa shape index (κ1) is 19.0. The van der Waals surface area contributed by atoms with Crippen molar-refractivity contribution in [3.63, 3.8) is 0 Å². The first-order valence-electron chi connectivity index (χ1n) is 9.77. The highest BCUT2D eigenvalue weighted by atomic mass is 16.5. The van der Waals surface area contributed by atoms with E-state index in [-0.39, 0.29) is 18.0 Å². The molecule has 0 fully saturated rings. The minimum absolute atomic E-state index is 0.0751. The first-order chi connectivity index (χ1) is 14.1. The zero-order valence-corrected chi connectivity index (χ0v) is 16.6. The van der Waals surface area contributed by atoms with Crippen LogP contribution in [0.3, 0.4) is 0 Å². The predicted octanol–water partition coefficient (Wildman–Crippen LogP) is 4.85. The van der Waals surface area contributed by atoms with E-state index in [1.807, 2.05) is 62.4 Å². The van der Waals surface area contributed by atoms with Gasteiger partial charge in [-0.3, -0.25) is 5.43 Å². The smallest absolute Gasteiger partial charge is 0.333 e. The van der Waals surface area contributed by atoms with E-state index in [0.29, 0.717) is 6.61 Å². The lowest BCUT2D eigenvalue weighted by atomic mass is 9.85. The van der Waals surface area contributed by atoms with Crippen LogP contribution in [0.1, 0.15) is 34.2 Å². The summed E-state index contributed by atoms with van der Waals surface area (Å²) in [6.07, 6.45) is 0. The SMILES string of the molecule is Cc1ccc(NC(=O)NNC2c3ccc(C)cc3OCC2c2ccccc2)cc1. The highest BCUT2D eigenvalue weighted by Crippen LogP contribution is 2.40. The van der Waals surface area contributed by atoms with Gasteiger partial charge in [0.15, 0.2) is 0 Å². The van der Waals surface area contributed by atoms with Gasteiger partial charge in [-0.15, -0.1) is 0 Å². The Kier molecular flexibility index (Phi) is 5.49. The van der Waals surface area contributed by atoms with Crippen LogP contribution >= 0.6 is 0 Å². The molecule has 148 valence electrons. The van der Waals surface area contributed by atoms with Crippen LogP contribution in [-0.2, 0) is 0 Å². The van der Waals surface area contributed by atoms with Gasteiger partial charge >= 0.3 is 6.03 Å². The molecule has 3 aromatic carbocycles. The van der Waals surface area contributed by atoms with Crippen LogP contribution < -0.4 is 20.9 Å². The lowest BCUT2D eigenvalue weighted by Gasteiger charge is -2.34. The van der Waals surface area contributed by atoms with Crippen LogP contribution in [0, 0.1) is 13.8 Å². The fourth-order valence-electron chi connectivity index (χ4n) is 3.63. The molecule has 0 saturated heterocycles. The number of hydrogen-bond donors (Lipinski definition) is 3. The molecule has 3 aromatic rings. The first-order valence-corrected chi connectivity index (χ1v) is 9.77. The highest BCUT2D eigenvalue weighted by Gasteiger charge is 2.32. The summed E-state index contributed by atoms with van der Waals surface area (Å²) in [7, 11) is 0. The Balaban J connectivity index is 1.53. The zero-order chi connectivity index (χ0) is 20.2. The molecule has 0 aliphatic carbocycles. The van der Waals surface area contributed by atoms with Gasteiger partial charge in [0.05, 0.1) is 12.6 Å². The van der Waals surface area contributed by atoms with Crippen LogP contribution in [0.2, 0.25) is 0 Å². The van der Waals surface area contributed by atoms with Crippen molar-refractivity contribution in [3.05, 3.63) is 95.1 Å². The molecule has 29 heavy (non-hydrogen) atoms. The zero-order valence-electron chi connectivity index (χ0n) is 16.6. The summed E-state index contributed by atoms with van der Waals surface area (Å²) >= 11 is 0. The van der Waals surface area contributed by atoms with Crippen LogP contribution in [0.4, 0.5) is 10.5 Å². The summed E-state index contributed by atoms with van der Waals surface area (Å²) in [4.78, 5) is 12.4. The number of amides is 2. The normalized spacial score (nSPS) is 17.7. The molecule has 4 rings (SSSR count). The van der Waals surface area contributed by atoms with Gasteiger partial charge in [0.2, 0.25) is 0 Å². The summed E-state index contributed by atoms with van der Waals surface area (Å²) in [5, 5.41) is 2.85. The number of hydrazine groups is 1. The summed E-state index contributed by atoms with van der Waals surface area (Å²) in [6, 6.07) is 23.7.